The molecule has 54 heavy (non-hydrogen) atoms. The minimum atomic E-state index is -0.588. The third-order valence-corrected chi connectivity index (χ3v) is 15.4. The van der Waals surface area contributed by atoms with E-state index in [0.717, 1.165) is 58.8 Å². The molecule has 5 heterocycles. The summed E-state index contributed by atoms with van der Waals surface area (Å²) in [6.07, 6.45) is 3.75. The van der Waals surface area contributed by atoms with Gasteiger partial charge in [0.05, 0.1) is 21.6 Å². The molecule has 254 valence electrons. The van der Waals surface area contributed by atoms with Crippen molar-refractivity contribution in [1.29, 1.82) is 0 Å². The molecule has 6 aromatic carbocycles. The van der Waals surface area contributed by atoms with Crippen LogP contribution in [-0.4, -0.2) is 22.2 Å². The van der Waals surface area contributed by atoms with Gasteiger partial charge >= 0.3 is 0 Å². The smallest absolute Gasteiger partial charge is 0.161 e. The van der Waals surface area contributed by atoms with Crippen LogP contribution in [0.3, 0.4) is 0 Å². The normalized spacial score (nSPS) is 12.8. The van der Waals surface area contributed by atoms with Gasteiger partial charge in [0.2, 0.25) is 0 Å². The molecule has 0 saturated heterocycles. The Morgan fingerprint density at radius 3 is 2.04 bits per heavy atom. The fourth-order valence-electron chi connectivity index (χ4n) is 7.32. The van der Waals surface area contributed by atoms with Crippen LogP contribution < -0.4 is 0 Å². The van der Waals surface area contributed by atoms with Gasteiger partial charge in [0.25, 0.3) is 0 Å². The van der Waals surface area contributed by atoms with Gasteiger partial charge in [0.1, 0.15) is 3.72 Å². The molecule has 0 atom stereocenters. The number of para-hydroxylation sites is 1. The van der Waals surface area contributed by atoms with E-state index in [1.807, 2.05) is 29.8 Å². The number of hydrogen-bond acceptors (Lipinski definition) is 6. The van der Waals surface area contributed by atoms with E-state index in [1.54, 1.807) is 11.3 Å². The molecule has 0 N–H and O–H groups in total. The second-order valence-corrected chi connectivity index (χ2v) is 17.9. The summed E-state index contributed by atoms with van der Waals surface area (Å²) < 4.78 is 7.36. The highest BCUT2D eigenvalue weighted by Gasteiger charge is 2.21. The van der Waals surface area contributed by atoms with Crippen molar-refractivity contribution in [3.63, 3.8) is 0 Å². The van der Waals surface area contributed by atoms with Gasteiger partial charge < -0.3 is 0 Å². The summed E-state index contributed by atoms with van der Waals surface area (Å²) >= 11 is 2.99. The van der Waals surface area contributed by atoms with E-state index in [1.165, 1.54) is 45.1 Å². The van der Waals surface area contributed by atoms with E-state index < -0.39 is 20.7 Å². The molecule has 10 aromatic rings. The first kappa shape index (κ1) is 31.8. The van der Waals surface area contributed by atoms with Crippen LogP contribution in [0.2, 0.25) is 0 Å². The van der Waals surface area contributed by atoms with Crippen molar-refractivity contribution in [3.8, 4) is 33.8 Å². The number of thiophene rings is 2. The van der Waals surface area contributed by atoms with Crippen molar-refractivity contribution in [1.82, 2.24) is 15.0 Å². The molecule has 0 spiro atoms. The Kier molecular flexibility index (Phi) is 7.64. The number of pyridine rings is 1. The zero-order valence-corrected chi connectivity index (χ0v) is 32.4. The van der Waals surface area contributed by atoms with Gasteiger partial charge in [-0.25, -0.2) is 15.0 Å². The molecule has 4 nitrogen and oxygen atoms in total. The molecule has 0 fully saturated rings. The molecule has 0 radical (unpaired) electrons. The number of benzene rings is 6. The number of hydrogen-bond donors (Lipinski definition) is 0. The third kappa shape index (κ3) is 5.34. The highest BCUT2D eigenvalue weighted by molar-refractivity contribution is 14.2. The van der Waals surface area contributed by atoms with Crippen LogP contribution in [0, 0.1) is 0 Å². The van der Waals surface area contributed by atoms with Gasteiger partial charge in [-0.2, -0.15) is 0 Å². The fourth-order valence-corrected chi connectivity index (χ4v) is 12.6. The van der Waals surface area contributed by atoms with Crippen molar-refractivity contribution in [2.75, 3.05) is 0 Å². The van der Waals surface area contributed by atoms with Crippen LogP contribution in [0.5, 0.6) is 0 Å². The molecule has 0 amide bonds. The Hall–Kier alpha value is -5.74. The lowest BCUT2D eigenvalue weighted by Crippen LogP contribution is -2.07. The molecule has 1 aliphatic rings. The maximum Gasteiger partial charge on any atom is 0.161 e. The number of nitrogens with zero attached hydrogens (tertiary/aromatic N) is 4. The molecule has 7 heteroatoms. The van der Waals surface area contributed by atoms with E-state index in [4.69, 9.17) is 15.0 Å². The summed E-state index contributed by atoms with van der Waals surface area (Å²) in [6.45, 7) is 0. The average molecular weight is 839 g/mol. The van der Waals surface area contributed by atoms with Gasteiger partial charge in [-0.3, -0.25) is 4.98 Å². The molecule has 11 rings (SSSR count). The van der Waals surface area contributed by atoms with Crippen LogP contribution >= 0.6 is 43.4 Å². The third-order valence-electron chi connectivity index (χ3n) is 9.92. The Morgan fingerprint density at radius 2 is 1.17 bits per heavy atom. The second kappa shape index (κ2) is 13.0. The predicted octanol–water partition coefficient (Wildman–Crippen LogP) is 13.2. The maximum absolute atomic E-state index is 5.39. The lowest BCUT2D eigenvalue weighted by molar-refractivity contribution is 1.25. The summed E-state index contributed by atoms with van der Waals surface area (Å²) in [7, 11) is 0. The molecule has 0 aliphatic carbocycles. The highest BCUT2D eigenvalue weighted by Crippen LogP contribution is 2.43. The summed E-state index contributed by atoms with van der Waals surface area (Å²) in [5, 5.41) is 3.68. The molecule has 1 aliphatic heterocycles. The van der Waals surface area contributed by atoms with E-state index >= 15 is 0 Å². The van der Waals surface area contributed by atoms with Crippen molar-refractivity contribution in [3.05, 3.63) is 181 Å². The monoisotopic (exact) mass is 838 g/mol. The second-order valence-electron chi connectivity index (χ2n) is 13.2. The van der Waals surface area contributed by atoms with E-state index in [-0.39, 0.29) is 0 Å². The first-order valence-electron chi connectivity index (χ1n) is 17.7. The lowest BCUT2D eigenvalue weighted by atomic mass is 9.99. The van der Waals surface area contributed by atoms with Crippen LogP contribution in [0.1, 0.15) is 16.7 Å². The summed E-state index contributed by atoms with van der Waals surface area (Å²) in [5.41, 5.74) is 11.0. The number of halogens is 1. The summed E-state index contributed by atoms with van der Waals surface area (Å²) in [6, 6.07) is 54.2. The minimum Gasteiger partial charge on any atom is -0.264 e. The SMILES string of the molecule is c1cncc(-c2cccc(C3=IC(c4ccc(-c5nc(-c6cccc7c6sc6ccccc67)nc6c5sc5ccccc56)cc4)=Nc4ccccc43)c2)c1. The lowest BCUT2D eigenvalue weighted by Gasteiger charge is -2.17. The van der Waals surface area contributed by atoms with Gasteiger partial charge in [0, 0.05) is 74.0 Å². The Bertz CT molecular complexity index is 3160. The molecule has 4 aromatic heterocycles. The van der Waals surface area contributed by atoms with E-state index in [9.17, 15) is 0 Å². The Balaban J connectivity index is 1.04. The largest absolute Gasteiger partial charge is 0.264 e. The topological polar surface area (TPSA) is 51.0 Å². The standard InChI is InChI=1S/C47H27IN4S2/c1-4-18-38-35(14-1)41(31-11-7-10-30(26-31)32-12-9-25-49-27-32)48-46(50-38)29-23-21-28(22-24-29)42-45-43(36-15-3-6-20-40(36)54-45)52-47(51-42)37-17-8-16-34-33-13-2-5-19-39(33)53-44(34)37/h1-27H. The zero-order valence-electron chi connectivity index (χ0n) is 28.6. The number of aliphatic imine (C=N–C) groups is 1. The van der Waals surface area contributed by atoms with Gasteiger partial charge in [0.15, 0.2) is 5.82 Å². The fraction of sp³-hybridized carbons (Fsp3) is 0. The Morgan fingerprint density at radius 1 is 0.481 bits per heavy atom. The highest BCUT2D eigenvalue weighted by atomic mass is 127. The number of rotatable bonds is 5. The van der Waals surface area contributed by atoms with E-state index in [0.29, 0.717) is 0 Å². The average Bonchev–Trinajstić information content (AvgIpc) is 3.82. The van der Waals surface area contributed by atoms with Crippen molar-refractivity contribution < 1.29 is 0 Å². The van der Waals surface area contributed by atoms with Gasteiger partial charge in [-0.05, 0) is 47.5 Å². The minimum absolute atomic E-state index is 0.588. The van der Waals surface area contributed by atoms with E-state index in [2.05, 4.69) is 151 Å². The quantitative estimate of drug-likeness (QED) is 0.162. The van der Waals surface area contributed by atoms with Crippen molar-refractivity contribution >= 4 is 96.8 Å². The molecular formula is C47H27IN4S2. The number of aromatic nitrogens is 3. The van der Waals surface area contributed by atoms with Crippen LogP contribution in [0.25, 0.3) is 74.2 Å². The van der Waals surface area contributed by atoms with Crippen LogP contribution in [0.15, 0.2) is 169 Å². The molecular weight excluding hydrogens is 812 g/mol. The summed E-state index contributed by atoms with van der Waals surface area (Å²) in [5.74, 6) is 0.758. The van der Waals surface area contributed by atoms with Crippen LogP contribution in [0.4, 0.5) is 5.69 Å². The zero-order chi connectivity index (χ0) is 35.6. The molecule has 0 unspecified atom stereocenters. The Labute approximate surface area is 328 Å². The van der Waals surface area contributed by atoms with Gasteiger partial charge in [-0.1, -0.05) is 136 Å². The van der Waals surface area contributed by atoms with Crippen molar-refractivity contribution in [2.45, 2.75) is 0 Å². The molecule has 0 saturated carbocycles. The maximum atomic E-state index is 5.39. The summed E-state index contributed by atoms with van der Waals surface area (Å²) in [4.78, 5) is 20.3. The first-order chi connectivity index (χ1) is 26.7. The first-order valence-corrected chi connectivity index (χ1v) is 21.5. The van der Waals surface area contributed by atoms with Crippen molar-refractivity contribution in [2.24, 2.45) is 4.99 Å². The molecule has 0 bridgehead atoms. The predicted molar refractivity (Wildman–Crippen MR) is 238 cm³/mol. The number of fused-ring (bicyclic) bond motifs is 7. The van der Waals surface area contributed by atoms with Gasteiger partial charge in [-0.15, -0.1) is 22.7 Å². The van der Waals surface area contributed by atoms with Crippen LogP contribution in [-0.2, 0) is 0 Å².